The summed E-state index contributed by atoms with van der Waals surface area (Å²) in [6.45, 7) is 6.35. The van der Waals surface area contributed by atoms with Crippen LogP contribution < -0.4 is 5.73 Å². The molecule has 3 heteroatoms. The molecule has 2 unspecified atom stereocenters. The lowest BCUT2D eigenvalue weighted by molar-refractivity contribution is 0.123. The van der Waals surface area contributed by atoms with Crippen LogP contribution in [0.5, 0.6) is 0 Å². The van der Waals surface area contributed by atoms with Gasteiger partial charge in [-0.2, -0.15) is 0 Å². The molecule has 2 aromatic rings. The number of hydrogen-bond donors (Lipinski definition) is 1. The van der Waals surface area contributed by atoms with Gasteiger partial charge in [-0.25, -0.2) is 0 Å². The molecule has 0 aliphatic carbocycles. The molecular formula is C18H25N3. The van der Waals surface area contributed by atoms with Crippen LogP contribution in [0.25, 0.3) is 10.9 Å². The topological polar surface area (TPSA) is 42.1 Å². The molecular weight excluding hydrogens is 258 g/mol. The van der Waals surface area contributed by atoms with E-state index in [0.29, 0.717) is 6.04 Å². The molecule has 1 aromatic carbocycles. The van der Waals surface area contributed by atoms with Gasteiger partial charge < -0.3 is 5.73 Å². The van der Waals surface area contributed by atoms with Crippen molar-refractivity contribution in [3.8, 4) is 0 Å². The molecule has 3 rings (SSSR count). The number of para-hydroxylation sites is 1. The van der Waals surface area contributed by atoms with Crippen molar-refractivity contribution in [2.24, 2.45) is 5.73 Å². The third-order valence-corrected chi connectivity index (χ3v) is 4.57. The molecule has 1 aromatic heterocycles. The minimum atomic E-state index is 0.236. The van der Waals surface area contributed by atoms with Crippen molar-refractivity contribution in [1.82, 2.24) is 9.88 Å². The van der Waals surface area contributed by atoms with Gasteiger partial charge in [-0.05, 0) is 50.9 Å². The van der Waals surface area contributed by atoms with E-state index in [1.807, 2.05) is 0 Å². The number of pyridine rings is 1. The molecule has 0 amide bonds. The van der Waals surface area contributed by atoms with Gasteiger partial charge in [0, 0.05) is 29.7 Å². The van der Waals surface area contributed by atoms with E-state index < -0.39 is 0 Å². The van der Waals surface area contributed by atoms with Gasteiger partial charge in [0.1, 0.15) is 0 Å². The van der Waals surface area contributed by atoms with Crippen LogP contribution in [0.1, 0.15) is 37.4 Å². The van der Waals surface area contributed by atoms with Gasteiger partial charge in [0.25, 0.3) is 0 Å². The number of piperidine rings is 1. The molecule has 3 nitrogen and oxygen atoms in total. The number of aromatic nitrogens is 1. The van der Waals surface area contributed by atoms with E-state index in [2.05, 4.69) is 54.1 Å². The summed E-state index contributed by atoms with van der Waals surface area (Å²) in [5, 5.41) is 1.28. The first-order valence-electron chi connectivity index (χ1n) is 8.00. The van der Waals surface area contributed by atoms with Gasteiger partial charge >= 0.3 is 0 Å². The average molecular weight is 283 g/mol. The Balaban J connectivity index is 1.93. The minimum Gasteiger partial charge on any atom is -0.327 e. The summed E-state index contributed by atoms with van der Waals surface area (Å²) < 4.78 is 0. The number of nitrogens with two attached hydrogens (primary N) is 1. The highest BCUT2D eigenvalue weighted by atomic mass is 15.2. The Morgan fingerprint density at radius 1 is 1.33 bits per heavy atom. The number of fused-ring (bicyclic) bond motifs is 1. The lowest BCUT2D eigenvalue weighted by Gasteiger charge is -2.38. The number of benzene rings is 1. The molecule has 0 spiro atoms. The van der Waals surface area contributed by atoms with Crippen LogP contribution in [0, 0.1) is 6.92 Å². The van der Waals surface area contributed by atoms with Gasteiger partial charge in [-0.1, -0.05) is 24.6 Å². The van der Waals surface area contributed by atoms with Gasteiger partial charge in [0.05, 0.1) is 5.52 Å². The number of aryl methyl sites for hydroxylation is 1. The van der Waals surface area contributed by atoms with Crippen molar-refractivity contribution in [3.63, 3.8) is 0 Å². The molecule has 1 fully saturated rings. The Hall–Kier alpha value is -1.45. The minimum absolute atomic E-state index is 0.236. The maximum atomic E-state index is 6.20. The van der Waals surface area contributed by atoms with Crippen molar-refractivity contribution < 1.29 is 0 Å². The van der Waals surface area contributed by atoms with Crippen LogP contribution in [-0.4, -0.2) is 28.5 Å². The largest absolute Gasteiger partial charge is 0.327 e. The molecule has 21 heavy (non-hydrogen) atoms. The molecule has 0 bridgehead atoms. The number of hydrogen-bond acceptors (Lipinski definition) is 3. The molecule has 2 heterocycles. The summed E-state index contributed by atoms with van der Waals surface area (Å²) in [4.78, 5) is 7.21. The zero-order valence-corrected chi connectivity index (χ0v) is 13.0. The standard InChI is InChI=1S/C18H25N3/c1-13-11-15(16-7-3-4-8-17(16)20-13)12-21-10-6-5-9-18(21)14(2)19/h3-4,7-8,11,14,18H,5-6,9-10,12,19H2,1-2H3. The van der Waals surface area contributed by atoms with Crippen molar-refractivity contribution in [2.45, 2.75) is 51.7 Å². The lowest BCUT2D eigenvalue weighted by atomic mass is 9.95. The van der Waals surface area contributed by atoms with Crippen molar-refractivity contribution in [3.05, 3.63) is 41.6 Å². The van der Waals surface area contributed by atoms with Gasteiger partial charge in [0.2, 0.25) is 0 Å². The predicted molar refractivity (Wildman–Crippen MR) is 88.2 cm³/mol. The Morgan fingerprint density at radius 3 is 2.95 bits per heavy atom. The first-order valence-corrected chi connectivity index (χ1v) is 8.00. The maximum Gasteiger partial charge on any atom is 0.0708 e. The van der Waals surface area contributed by atoms with E-state index in [0.717, 1.165) is 24.3 Å². The van der Waals surface area contributed by atoms with Crippen LogP contribution in [0.15, 0.2) is 30.3 Å². The predicted octanol–water partition coefficient (Wildman–Crippen LogP) is 3.24. The summed E-state index contributed by atoms with van der Waals surface area (Å²) in [6, 6.07) is 11.4. The lowest BCUT2D eigenvalue weighted by Crippen LogP contribution is -2.48. The Kier molecular flexibility index (Phi) is 4.22. The molecule has 1 aliphatic heterocycles. The van der Waals surface area contributed by atoms with E-state index >= 15 is 0 Å². The number of nitrogens with zero attached hydrogens (tertiary/aromatic N) is 2. The van der Waals surface area contributed by atoms with Crippen molar-refractivity contribution in [2.75, 3.05) is 6.54 Å². The van der Waals surface area contributed by atoms with Crippen LogP contribution >= 0.6 is 0 Å². The molecule has 2 N–H and O–H groups in total. The molecule has 112 valence electrons. The molecule has 0 saturated carbocycles. The van der Waals surface area contributed by atoms with E-state index in [1.54, 1.807) is 0 Å². The molecule has 1 saturated heterocycles. The van der Waals surface area contributed by atoms with Crippen molar-refractivity contribution >= 4 is 10.9 Å². The van der Waals surface area contributed by atoms with Crippen LogP contribution in [0.4, 0.5) is 0 Å². The van der Waals surface area contributed by atoms with Crippen LogP contribution in [-0.2, 0) is 6.54 Å². The Morgan fingerprint density at radius 2 is 2.14 bits per heavy atom. The van der Waals surface area contributed by atoms with Crippen LogP contribution in [0.2, 0.25) is 0 Å². The fraction of sp³-hybridized carbons (Fsp3) is 0.500. The van der Waals surface area contributed by atoms with Gasteiger partial charge in [-0.3, -0.25) is 9.88 Å². The molecule has 0 radical (unpaired) electrons. The summed E-state index contributed by atoms with van der Waals surface area (Å²) in [7, 11) is 0. The monoisotopic (exact) mass is 283 g/mol. The third-order valence-electron chi connectivity index (χ3n) is 4.57. The fourth-order valence-corrected chi connectivity index (χ4v) is 3.55. The summed E-state index contributed by atoms with van der Waals surface area (Å²) in [5.41, 5.74) is 9.77. The zero-order valence-electron chi connectivity index (χ0n) is 13.0. The zero-order chi connectivity index (χ0) is 14.8. The first kappa shape index (κ1) is 14.5. The highest BCUT2D eigenvalue weighted by Gasteiger charge is 2.25. The maximum absolute atomic E-state index is 6.20. The van der Waals surface area contributed by atoms with E-state index in [-0.39, 0.29) is 6.04 Å². The second kappa shape index (κ2) is 6.12. The fourth-order valence-electron chi connectivity index (χ4n) is 3.55. The SMILES string of the molecule is Cc1cc(CN2CCCCC2C(C)N)c2ccccc2n1. The van der Waals surface area contributed by atoms with E-state index in [1.165, 1.54) is 30.2 Å². The number of likely N-dealkylation sites (tertiary alicyclic amines) is 1. The van der Waals surface area contributed by atoms with E-state index in [9.17, 15) is 0 Å². The highest BCUT2D eigenvalue weighted by Crippen LogP contribution is 2.25. The summed E-state index contributed by atoms with van der Waals surface area (Å²) in [5.74, 6) is 0. The smallest absolute Gasteiger partial charge is 0.0708 e. The second-order valence-electron chi connectivity index (χ2n) is 6.33. The van der Waals surface area contributed by atoms with Crippen LogP contribution in [0.3, 0.4) is 0 Å². The first-order chi connectivity index (χ1) is 10.1. The quantitative estimate of drug-likeness (QED) is 0.940. The second-order valence-corrected chi connectivity index (χ2v) is 6.33. The number of rotatable bonds is 3. The Labute approximate surface area is 127 Å². The Bertz CT molecular complexity index is 621. The van der Waals surface area contributed by atoms with E-state index in [4.69, 9.17) is 5.73 Å². The summed E-state index contributed by atoms with van der Waals surface area (Å²) >= 11 is 0. The van der Waals surface area contributed by atoms with Crippen molar-refractivity contribution in [1.29, 1.82) is 0 Å². The van der Waals surface area contributed by atoms with Gasteiger partial charge in [0.15, 0.2) is 0 Å². The molecule has 1 aliphatic rings. The average Bonchev–Trinajstić information content (AvgIpc) is 2.47. The summed E-state index contributed by atoms with van der Waals surface area (Å²) in [6.07, 6.45) is 3.81. The normalized spacial score (nSPS) is 21.6. The van der Waals surface area contributed by atoms with Gasteiger partial charge in [-0.15, -0.1) is 0 Å². The molecule has 2 atom stereocenters. The third kappa shape index (κ3) is 3.09. The highest BCUT2D eigenvalue weighted by molar-refractivity contribution is 5.82.